The summed E-state index contributed by atoms with van der Waals surface area (Å²) >= 11 is 0. The van der Waals surface area contributed by atoms with Crippen LogP contribution in [0.5, 0.6) is 11.5 Å². The Morgan fingerprint density at radius 1 is 1.05 bits per heavy atom. The number of aryl methyl sites for hydroxylation is 1. The SMILES string of the molecule is COc1ccc2cc1OCC(=O)N[C@@H](C)C(=O)N(C)CCCCN(c1ccnc(N)n1)CCCNC(=O)CC2. The molecule has 39 heavy (non-hydrogen) atoms. The molecule has 1 aromatic carbocycles. The maximum absolute atomic E-state index is 12.8. The molecular weight excluding hydrogens is 502 g/mol. The van der Waals surface area contributed by atoms with Crippen molar-refractivity contribution in [2.75, 3.05) is 57.6 Å². The van der Waals surface area contributed by atoms with E-state index in [1.807, 2.05) is 12.1 Å². The number of fused-ring (bicyclic) bond motifs is 2. The van der Waals surface area contributed by atoms with Crippen molar-refractivity contribution < 1.29 is 23.9 Å². The molecule has 12 nitrogen and oxygen atoms in total. The lowest BCUT2D eigenvalue weighted by atomic mass is 10.1. The molecule has 1 aliphatic rings. The van der Waals surface area contributed by atoms with Gasteiger partial charge in [0.25, 0.3) is 5.91 Å². The van der Waals surface area contributed by atoms with Gasteiger partial charge in [-0.15, -0.1) is 0 Å². The van der Waals surface area contributed by atoms with E-state index >= 15 is 0 Å². The van der Waals surface area contributed by atoms with Crippen LogP contribution in [0, 0.1) is 0 Å². The smallest absolute Gasteiger partial charge is 0.258 e. The Labute approximate surface area is 229 Å². The number of aromatic nitrogens is 2. The number of hydrogen-bond donors (Lipinski definition) is 3. The van der Waals surface area contributed by atoms with Gasteiger partial charge in [-0.3, -0.25) is 14.4 Å². The van der Waals surface area contributed by atoms with Crippen LogP contribution < -0.4 is 30.7 Å². The Bertz CT molecular complexity index is 1130. The Kier molecular flexibility index (Phi) is 11.1. The van der Waals surface area contributed by atoms with Crippen LogP contribution in [0.15, 0.2) is 30.5 Å². The highest BCUT2D eigenvalue weighted by atomic mass is 16.5. The Morgan fingerprint density at radius 2 is 1.82 bits per heavy atom. The Balaban J connectivity index is 1.72. The summed E-state index contributed by atoms with van der Waals surface area (Å²) < 4.78 is 11.0. The van der Waals surface area contributed by atoms with E-state index in [1.54, 1.807) is 37.2 Å². The molecule has 0 aliphatic carbocycles. The van der Waals surface area contributed by atoms with E-state index in [0.29, 0.717) is 50.5 Å². The van der Waals surface area contributed by atoms with E-state index in [1.165, 1.54) is 7.11 Å². The van der Waals surface area contributed by atoms with Crippen molar-refractivity contribution in [3.63, 3.8) is 0 Å². The highest BCUT2D eigenvalue weighted by molar-refractivity contribution is 5.87. The predicted molar refractivity (Wildman–Crippen MR) is 148 cm³/mol. The van der Waals surface area contributed by atoms with E-state index in [4.69, 9.17) is 15.2 Å². The number of amides is 3. The quantitative estimate of drug-likeness (QED) is 0.508. The fraction of sp³-hybridized carbons (Fsp3) is 0.519. The van der Waals surface area contributed by atoms with E-state index in [9.17, 15) is 14.4 Å². The third-order valence-electron chi connectivity index (χ3n) is 6.43. The summed E-state index contributed by atoms with van der Waals surface area (Å²) in [6.45, 7) is 3.82. The van der Waals surface area contributed by atoms with Crippen LogP contribution in [0.4, 0.5) is 11.8 Å². The molecule has 2 heterocycles. The van der Waals surface area contributed by atoms with Gasteiger partial charge >= 0.3 is 0 Å². The van der Waals surface area contributed by atoms with Crippen LogP contribution in [-0.4, -0.2) is 85.6 Å². The molecular formula is C27H39N7O5. The Hall–Kier alpha value is -4.09. The first-order chi connectivity index (χ1) is 18.8. The number of hydrogen-bond acceptors (Lipinski definition) is 9. The number of carbonyl (C=O) groups excluding carboxylic acids is 3. The van der Waals surface area contributed by atoms with Gasteiger partial charge in [-0.2, -0.15) is 4.98 Å². The van der Waals surface area contributed by atoms with Gasteiger partial charge in [0, 0.05) is 45.8 Å². The van der Waals surface area contributed by atoms with Crippen molar-refractivity contribution in [1.29, 1.82) is 0 Å². The van der Waals surface area contributed by atoms with Gasteiger partial charge < -0.3 is 35.6 Å². The first-order valence-corrected chi connectivity index (χ1v) is 13.2. The predicted octanol–water partition coefficient (Wildman–Crippen LogP) is 1.15. The summed E-state index contributed by atoms with van der Waals surface area (Å²) in [5.74, 6) is 1.15. The van der Waals surface area contributed by atoms with Crippen LogP contribution in [0.1, 0.15) is 38.2 Å². The van der Waals surface area contributed by atoms with Crippen molar-refractivity contribution in [3.8, 4) is 11.5 Å². The minimum absolute atomic E-state index is 0.0469. The van der Waals surface area contributed by atoms with Crippen molar-refractivity contribution in [2.45, 2.75) is 45.1 Å². The lowest BCUT2D eigenvalue weighted by Gasteiger charge is -2.25. The normalized spacial score (nSPS) is 19.2. The summed E-state index contributed by atoms with van der Waals surface area (Å²) in [5.41, 5.74) is 6.67. The Morgan fingerprint density at radius 3 is 2.59 bits per heavy atom. The molecule has 0 saturated heterocycles. The molecule has 4 N–H and O–H groups in total. The zero-order valence-electron chi connectivity index (χ0n) is 22.9. The molecule has 0 spiro atoms. The first kappa shape index (κ1) is 29.5. The highest BCUT2D eigenvalue weighted by Crippen LogP contribution is 2.28. The molecule has 0 radical (unpaired) electrons. The molecule has 212 valence electrons. The topological polar surface area (TPSA) is 152 Å². The standard InChI is InChI=1S/C27H39N7O5/c1-19-26(37)33(2)14-4-5-15-34(23-11-13-30-27(28)32-23)16-6-12-29-24(35)10-8-20-7-9-21(38-3)22(17-20)39-18-25(36)31-19/h7,9,11,13,17,19H,4-6,8,10,12,14-16,18H2,1-3H3,(H,29,35)(H,31,36)(H2,28,30,32)/t19-/m0/s1. The molecule has 0 fully saturated rings. The molecule has 3 rings (SSSR count). The van der Waals surface area contributed by atoms with E-state index < -0.39 is 11.9 Å². The molecule has 2 aromatic rings. The van der Waals surface area contributed by atoms with Gasteiger partial charge in [0.15, 0.2) is 18.1 Å². The second-order valence-corrected chi connectivity index (χ2v) is 9.49. The number of carbonyl (C=O) groups is 3. The number of anilines is 2. The molecule has 2 bridgehead atoms. The third kappa shape index (κ3) is 9.31. The number of ether oxygens (including phenoxy) is 2. The molecule has 1 aromatic heterocycles. The summed E-state index contributed by atoms with van der Waals surface area (Å²) in [4.78, 5) is 49.8. The zero-order valence-corrected chi connectivity index (χ0v) is 22.9. The first-order valence-electron chi connectivity index (χ1n) is 13.2. The number of nitrogens with two attached hydrogens (primary N) is 1. The summed E-state index contributed by atoms with van der Waals surface area (Å²) in [6.07, 6.45) is 4.73. The van der Waals surface area contributed by atoms with Gasteiger partial charge in [-0.05, 0) is 56.4 Å². The molecule has 0 saturated carbocycles. The van der Waals surface area contributed by atoms with E-state index in [-0.39, 0.29) is 24.4 Å². The maximum atomic E-state index is 12.8. The second kappa shape index (κ2) is 14.7. The number of methoxy groups -OCH3 is 1. The minimum Gasteiger partial charge on any atom is -0.493 e. The number of nitrogen functional groups attached to an aromatic ring is 1. The lowest BCUT2D eigenvalue weighted by molar-refractivity contribution is -0.135. The minimum atomic E-state index is -0.698. The molecule has 0 unspecified atom stereocenters. The van der Waals surface area contributed by atoms with E-state index in [0.717, 1.165) is 30.6 Å². The van der Waals surface area contributed by atoms with Gasteiger partial charge in [-0.1, -0.05) is 6.07 Å². The number of rotatable bonds is 2. The lowest BCUT2D eigenvalue weighted by Crippen LogP contribution is -2.47. The van der Waals surface area contributed by atoms with Crippen molar-refractivity contribution in [2.24, 2.45) is 0 Å². The molecule has 12 heteroatoms. The fourth-order valence-electron chi connectivity index (χ4n) is 4.29. The van der Waals surface area contributed by atoms with Crippen molar-refractivity contribution in [1.82, 2.24) is 25.5 Å². The zero-order chi connectivity index (χ0) is 28.2. The third-order valence-corrected chi connectivity index (χ3v) is 6.43. The van der Waals surface area contributed by atoms with Crippen LogP contribution in [0.25, 0.3) is 0 Å². The van der Waals surface area contributed by atoms with Gasteiger partial charge in [-0.25, -0.2) is 4.98 Å². The largest absolute Gasteiger partial charge is 0.493 e. The molecule has 1 atom stereocenters. The summed E-state index contributed by atoms with van der Waals surface area (Å²) in [5, 5.41) is 5.68. The average molecular weight is 542 g/mol. The number of benzene rings is 1. The van der Waals surface area contributed by atoms with E-state index in [2.05, 4.69) is 25.5 Å². The summed E-state index contributed by atoms with van der Waals surface area (Å²) in [7, 11) is 3.24. The molecule has 3 amide bonds. The second-order valence-electron chi connectivity index (χ2n) is 9.49. The van der Waals surface area contributed by atoms with Crippen molar-refractivity contribution >= 4 is 29.5 Å². The maximum Gasteiger partial charge on any atom is 0.258 e. The molecule has 1 aliphatic heterocycles. The van der Waals surface area contributed by atoms with Gasteiger partial charge in [0.05, 0.1) is 7.11 Å². The fourth-order valence-corrected chi connectivity index (χ4v) is 4.29. The monoisotopic (exact) mass is 541 g/mol. The number of nitrogens with one attached hydrogen (secondary N) is 2. The average Bonchev–Trinajstić information content (AvgIpc) is 2.92. The van der Waals surface area contributed by atoms with Crippen LogP contribution in [-0.2, 0) is 20.8 Å². The van der Waals surface area contributed by atoms with Gasteiger partial charge in [0.2, 0.25) is 17.8 Å². The van der Waals surface area contributed by atoms with Gasteiger partial charge in [0.1, 0.15) is 11.9 Å². The van der Waals surface area contributed by atoms with Crippen molar-refractivity contribution in [3.05, 3.63) is 36.0 Å². The van der Waals surface area contributed by atoms with Crippen LogP contribution >= 0.6 is 0 Å². The van der Waals surface area contributed by atoms with Crippen LogP contribution in [0.3, 0.4) is 0 Å². The summed E-state index contributed by atoms with van der Waals surface area (Å²) in [6, 6.07) is 6.48. The van der Waals surface area contributed by atoms with Crippen LogP contribution in [0.2, 0.25) is 0 Å². The number of nitrogens with zero attached hydrogens (tertiary/aromatic N) is 4. The highest BCUT2D eigenvalue weighted by Gasteiger charge is 2.20. The number of likely N-dealkylation sites (N-methyl/N-ethyl adjacent to an activating group) is 1.